The Morgan fingerprint density at radius 2 is 2.11 bits per heavy atom. The van der Waals surface area contributed by atoms with Gasteiger partial charge < -0.3 is 15.0 Å². The highest BCUT2D eigenvalue weighted by Gasteiger charge is 2.32. The molecule has 1 N–H and O–H groups in total. The van der Waals surface area contributed by atoms with E-state index < -0.39 is 11.7 Å². The first kappa shape index (κ1) is 25.9. The first-order chi connectivity index (χ1) is 18.1. The largest absolute Gasteiger partial charge is 0.443 e. The number of ether oxygens (including phenoxy) is 1. The Kier molecular flexibility index (Phi) is 6.99. The smallest absolute Gasteiger partial charge is 0.414 e. The van der Waals surface area contributed by atoms with Gasteiger partial charge in [-0.2, -0.15) is 10.4 Å². The van der Waals surface area contributed by atoms with Crippen LogP contribution in [0.25, 0.3) is 11.3 Å². The summed E-state index contributed by atoms with van der Waals surface area (Å²) in [6.07, 6.45) is 2.96. The fourth-order valence-electron chi connectivity index (χ4n) is 5.02. The second kappa shape index (κ2) is 10.2. The maximum absolute atomic E-state index is 12.8. The van der Waals surface area contributed by atoms with Crippen molar-refractivity contribution in [2.45, 2.75) is 45.8 Å². The fourth-order valence-corrected chi connectivity index (χ4v) is 5.21. The summed E-state index contributed by atoms with van der Waals surface area (Å²) in [5, 5.41) is 18.0. The Morgan fingerprint density at radius 3 is 2.82 bits per heavy atom. The van der Waals surface area contributed by atoms with Crippen LogP contribution in [0.1, 0.15) is 38.3 Å². The highest BCUT2D eigenvalue weighted by molar-refractivity contribution is 6.29. The van der Waals surface area contributed by atoms with Crippen LogP contribution in [-0.2, 0) is 17.7 Å². The molecule has 0 bridgehead atoms. The van der Waals surface area contributed by atoms with Crippen molar-refractivity contribution in [3.05, 3.63) is 46.7 Å². The molecule has 0 aliphatic carbocycles. The van der Waals surface area contributed by atoms with Crippen molar-refractivity contribution in [1.82, 2.24) is 24.6 Å². The average Bonchev–Trinajstić information content (AvgIpc) is 3.56. The molecule has 5 rings (SSSR count). The summed E-state index contributed by atoms with van der Waals surface area (Å²) in [5.41, 5.74) is 2.73. The molecule has 1 aromatic carbocycles. The van der Waals surface area contributed by atoms with Gasteiger partial charge in [0, 0.05) is 37.5 Å². The van der Waals surface area contributed by atoms with Crippen molar-refractivity contribution in [1.29, 1.82) is 5.26 Å². The number of carbonyl (C=O) groups is 1. The number of carbonyl (C=O) groups excluding carboxylic acids is 1. The number of hydrogen-bond acceptors (Lipinski definition) is 8. The number of hydrogen-bond donors (Lipinski definition) is 1. The number of nitrogens with one attached hydrogen (secondary N) is 1. The molecule has 10 nitrogen and oxygen atoms in total. The number of nitriles is 1. The first-order valence-corrected chi connectivity index (χ1v) is 13.1. The van der Waals surface area contributed by atoms with Crippen LogP contribution in [0.2, 0.25) is 5.15 Å². The molecule has 1 atom stereocenters. The van der Waals surface area contributed by atoms with E-state index >= 15 is 0 Å². The molecule has 2 aromatic heterocycles. The number of halogens is 1. The number of anilines is 3. The Labute approximate surface area is 227 Å². The van der Waals surface area contributed by atoms with E-state index in [-0.39, 0.29) is 0 Å². The van der Waals surface area contributed by atoms with Crippen LogP contribution >= 0.6 is 11.6 Å². The fraction of sp³-hybridized carbons (Fsp3) is 0.444. The van der Waals surface area contributed by atoms with Gasteiger partial charge in [0.1, 0.15) is 17.5 Å². The summed E-state index contributed by atoms with van der Waals surface area (Å²) >= 11 is 6.24. The quantitative estimate of drug-likeness (QED) is 0.494. The molecule has 198 valence electrons. The second-order valence-electron chi connectivity index (χ2n) is 10.9. The average molecular weight is 535 g/mol. The van der Waals surface area contributed by atoms with Gasteiger partial charge in [0.05, 0.1) is 16.9 Å². The van der Waals surface area contributed by atoms with Crippen molar-refractivity contribution in [2.75, 3.05) is 36.9 Å². The number of rotatable bonds is 5. The van der Waals surface area contributed by atoms with Gasteiger partial charge in [-0.3, -0.25) is 4.90 Å². The first-order valence-electron chi connectivity index (χ1n) is 12.7. The molecule has 11 heteroatoms. The predicted molar refractivity (Wildman–Crippen MR) is 146 cm³/mol. The van der Waals surface area contributed by atoms with Crippen LogP contribution in [0.4, 0.5) is 22.2 Å². The number of nitrogens with zero attached hydrogens (tertiary/aromatic N) is 7. The van der Waals surface area contributed by atoms with E-state index in [0.29, 0.717) is 46.9 Å². The molecule has 0 spiro atoms. The van der Waals surface area contributed by atoms with Crippen molar-refractivity contribution >= 4 is 35.1 Å². The zero-order valence-corrected chi connectivity index (χ0v) is 22.8. The van der Waals surface area contributed by atoms with Gasteiger partial charge in [0.15, 0.2) is 5.15 Å². The lowest BCUT2D eigenvalue weighted by atomic mass is 10.0. The van der Waals surface area contributed by atoms with E-state index in [1.165, 1.54) is 0 Å². The van der Waals surface area contributed by atoms with Crippen LogP contribution in [-0.4, -0.2) is 63.0 Å². The summed E-state index contributed by atoms with van der Waals surface area (Å²) in [7, 11) is 2.13. The van der Waals surface area contributed by atoms with Gasteiger partial charge in [-0.1, -0.05) is 11.6 Å². The monoisotopic (exact) mass is 534 g/mol. The van der Waals surface area contributed by atoms with Gasteiger partial charge in [-0.05, 0) is 76.9 Å². The minimum Gasteiger partial charge on any atom is -0.443 e. The Bertz CT molecular complexity index is 1410. The Hall–Kier alpha value is -3.68. The summed E-state index contributed by atoms with van der Waals surface area (Å²) in [5.74, 6) is 1.62. The third kappa shape index (κ3) is 5.59. The highest BCUT2D eigenvalue weighted by atomic mass is 35.5. The van der Waals surface area contributed by atoms with E-state index in [1.807, 2.05) is 31.5 Å². The maximum atomic E-state index is 12.8. The molecule has 2 aliphatic heterocycles. The maximum Gasteiger partial charge on any atom is 0.414 e. The molecule has 38 heavy (non-hydrogen) atoms. The van der Waals surface area contributed by atoms with Gasteiger partial charge in [0.2, 0.25) is 5.95 Å². The summed E-state index contributed by atoms with van der Waals surface area (Å²) < 4.78 is 7.42. The second-order valence-corrected chi connectivity index (χ2v) is 11.3. The predicted octanol–water partition coefficient (Wildman–Crippen LogP) is 4.86. The normalized spacial score (nSPS) is 17.4. The summed E-state index contributed by atoms with van der Waals surface area (Å²) in [6.45, 7) is 8.79. The number of benzene rings is 1. The van der Waals surface area contributed by atoms with E-state index in [9.17, 15) is 10.1 Å². The molecule has 2 aliphatic rings. The lowest BCUT2D eigenvalue weighted by Crippen LogP contribution is -2.36. The lowest BCUT2D eigenvalue weighted by Gasteiger charge is -2.25. The molecule has 3 aromatic rings. The number of likely N-dealkylation sites (tertiary alicyclic amines) is 1. The molecule has 1 saturated heterocycles. The minimum atomic E-state index is -0.621. The molecule has 0 unspecified atom stereocenters. The third-order valence-corrected chi connectivity index (χ3v) is 6.84. The lowest BCUT2D eigenvalue weighted by molar-refractivity contribution is 0.0584. The minimum absolute atomic E-state index is 0.401. The van der Waals surface area contributed by atoms with Crippen LogP contribution in [0, 0.1) is 17.2 Å². The highest BCUT2D eigenvalue weighted by Crippen LogP contribution is 2.36. The van der Waals surface area contributed by atoms with Crippen molar-refractivity contribution in [3.8, 4) is 17.3 Å². The molecule has 0 saturated carbocycles. The van der Waals surface area contributed by atoms with E-state index in [1.54, 1.807) is 29.3 Å². The zero-order chi connectivity index (χ0) is 27.0. The summed E-state index contributed by atoms with van der Waals surface area (Å²) in [4.78, 5) is 25.7. The zero-order valence-electron chi connectivity index (χ0n) is 22.0. The van der Waals surface area contributed by atoms with Gasteiger partial charge in [0.25, 0.3) is 0 Å². The number of amides is 1. The van der Waals surface area contributed by atoms with Gasteiger partial charge >= 0.3 is 6.09 Å². The summed E-state index contributed by atoms with van der Waals surface area (Å²) in [6, 6.07) is 9.55. The van der Waals surface area contributed by atoms with Crippen LogP contribution < -0.4 is 10.2 Å². The molecule has 1 fully saturated rings. The van der Waals surface area contributed by atoms with Crippen molar-refractivity contribution in [3.63, 3.8) is 0 Å². The SMILES string of the molecule is CN1CC[C@@H](Cn2nc(Cl)cc2Nc2nccc(-c3cc(C#N)c4c(c3)CCN4C(=O)OC(C)(C)C)n2)C1. The molecule has 4 heterocycles. The number of aromatic nitrogens is 4. The molecular formula is C27H31ClN8O2. The molecular weight excluding hydrogens is 504 g/mol. The Balaban J connectivity index is 1.39. The topological polar surface area (TPSA) is 112 Å². The van der Waals surface area contributed by atoms with E-state index in [2.05, 4.69) is 33.4 Å². The Morgan fingerprint density at radius 1 is 1.29 bits per heavy atom. The standard InChI is InChI=1S/C27H31ClN8O2/c1-27(2,3)38-26(37)35-10-7-18-11-19(12-20(14-29)24(18)35)21-5-8-30-25(31-21)32-23-13-22(28)33-36(23)16-17-6-9-34(4)15-17/h5,8,11-13,17H,6-7,9-10,15-16H2,1-4H3,(H,30,31,32)/t17-/m1/s1. The van der Waals surface area contributed by atoms with E-state index in [4.69, 9.17) is 21.3 Å². The van der Waals surface area contributed by atoms with Crippen LogP contribution in [0.5, 0.6) is 0 Å². The van der Waals surface area contributed by atoms with Gasteiger partial charge in [-0.25, -0.2) is 19.4 Å². The number of fused-ring (bicyclic) bond motifs is 1. The van der Waals surface area contributed by atoms with Crippen LogP contribution in [0.3, 0.4) is 0 Å². The molecule has 1 amide bonds. The van der Waals surface area contributed by atoms with Crippen molar-refractivity contribution in [2.24, 2.45) is 5.92 Å². The van der Waals surface area contributed by atoms with E-state index in [0.717, 1.165) is 43.0 Å². The van der Waals surface area contributed by atoms with Crippen molar-refractivity contribution < 1.29 is 9.53 Å². The third-order valence-electron chi connectivity index (χ3n) is 6.66. The van der Waals surface area contributed by atoms with Gasteiger partial charge in [-0.15, -0.1) is 0 Å². The van der Waals surface area contributed by atoms with Crippen LogP contribution in [0.15, 0.2) is 30.5 Å². The molecule has 0 radical (unpaired) electrons.